The van der Waals surface area contributed by atoms with Crippen molar-refractivity contribution in [2.24, 2.45) is 0 Å². The van der Waals surface area contributed by atoms with E-state index in [9.17, 15) is 19.8 Å². The summed E-state index contributed by atoms with van der Waals surface area (Å²) in [4.78, 5) is 20.6. The van der Waals surface area contributed by atoms with Crippen molar-refractivity contribution in [3.63, 3.8) is 0 Å². The van der Waals surface area contributed by atoms with Crippen LogP contribution in [0.2, 0.25) is 0 Å². The number of carboxylic acids is 2. The zero-order valence-electron chi connectivity index (χ0n) is 9.31. The van der Waals surface area contributed by atoms with Crippen LogP contribution in [0, 0.1) is 0 Å². The van der Waals surface area contributed by atoms with Gasteiger partial charge in [0.05, 0.1) is 12.5 Å². The Bertz CT molecular complexity index is 211. The molecule has 0 heterocycles. The number of rotatable bonds is 9. The number of hydrogen-bond acceptors (Lipinski definition) is 4. The molecule has 0 saturated carbocycles. The Labute approximate surface area is 93.8 Å². The van der Waals surface area contributed by atoms with Gasteiger partial charge in [-0.05, 0) is 12.8 Å². The number of carboxylic acid groups (broad SMARTS) is 2. The van der Waals surface area contributed by atoms with Gasteiger partial charge in [0, 0.05) is 6.42 Å². The van der Waals surface area contributed by atoms with E-state index in [4.69, 9.17) is 0 Å². The molecular weight excluding hydrogens is 214 g/mol. The minimum Gasteiger partial charge on any atom is -0.544 e. The fraction of sp³-hybridized carbons (Fsp3) is 0.778. The molecule has 2 atom stereocenters. The second-order valence-corrected chi connectivity index (χ2v) is 3.84. The largest absolute Gasteiger partial charge is 0.544 e. The third-order valence-electron chi connectivity index (χ3n) is 2.33. The average Bonchev–Trinajstić information content (AvgIpc) is 2.21. The molecule has 0 saturated heterocycles. The molecule has 0 aromatic heterocycles. The quantitative estimate of drug-likeness (QED) is 0.339. The molecule has 94 valence electrons. The summed E-state index contributed by atoms with van der Waals surface area (Å²) in [5.41, 5.74) is 6.86. The van der Waals surface area contributed by atoms with Crippen molar-refractivity contribution in [1.82, 2.24) is 0 Å². The summed E-state index contributed by atoms with van der Waals surface area (Å²) in [6.07, 6.45) is 2.05. The molecule has 0 aromatic carbocycles. The lowest BCUT2D eigenvalue weighted by Crippen LogP contribution is -2.92. The number of unbranched alkanes of at least 4 members (excludes halogenated alkanes) is 1. The van der Waals surface area contributed by atoms with Crippen LogP contribution in [-0.4, -0.2) is 37.1 Å². The lowest BCUT2D eigenvalue weighted by atomic mass is 10.1. The standard InChI is InChI=1S/C9H19N3O4/c10-6(8(13)14)3-1-2-4-12-5-7(11)9(15)16/h6-7,12H,1-5,10-11H2,(H,13,14)(H,15,16)/p+1/t6-,7+/m0/s1. The first kappa shape index (κ1) is 14.8. The summed E-state index contributed by atoms with van der Waals surface area (Å²) in [7, 11) is 0. The van der Waals surface area contributed by atoms with Crippen LogP contribution in [0.5, 0.6) is 0 Å². The predicted molar refractivity (Wildman–Crippen MR) is 48.9 cm³/mol. The summed E-state index contributed by atoms with van der Waals surface area (Å²) >= 11 is 0. The number of carbonyl (C=O) groups excluding carboxylic acids is 2. The SMILES string of the molecule is [NH3+][C@H](C[NH2+]CCCC[C@H]([NH3+])C(=O)[O-])C(=O)[O-]. The summed E-state index contributed by atoms with van der Waals surface area (Å²) in [5, 5.41) is 22.5. The van der Waals surface area contributed by atoms with Crippen molar-refractivity contribution < 1.29 is 36.6 Å². The van der Waals surface area contributed by atoms with E-state index in [-0.39, 0.29) is 0 Å². The van der Waals surface area contributed by atoms with Gasteiger partial charge in [-0.1, -0.05) is 0 Å². The Kier molecular flexibility index (Phi) is 7.44. The van der Waals surface area contributed by atoms with Crippen molar-refractivity contribution in [3.8, 4) is 0 Å². The van der Waals surface area contributed by atoms with Gasteiger partial charge in [-0.2, -0.15) is 0 Å². The van der Waals surface area contributed by atoms with Crippen LogP contribution in [-0.2, 0) is 9.59 Å². The van der Waals surface area contributed by atoms with E-state index in [0.717, 1.165) is 19.4 Å². The second-order valence-electron chi connectivity index (χ2n) is 3.84. The minimum absolute atomic E-state index is 0.386. The number of hydrogen-bond donors (Lipinski definition) is 3. The van der Waals surface area contributed by atoms with Crippen LogP contribution in [0.4, 0.5) is 0 Å². The summed E-state index contributed by atoms with van der Waals surface area (Å²) in [5.74, 6) is -2.27. The van der Waals surface area contributed by atoms with E-state index in [1.807, 2.05) is 5.32 Å². The Morgan fingerprint density at radius 3 is 2.12 bits per heavy atom. The maximum atomic E-state index is 10.3. The van der Waals surface area contributed by atoms with Crippen LogP contribution in [0.25, 0.3) is 0 Å². The number of nitrogens with two attached hydrogens (primary N) is 1. The molecule has 0 bridgehead atoms. The highest BCUT2D eigenvalue weighted by Crippen LogP contribution is 1.94. The molecule has 7 heteroatoms. The smallest absolute Gasteiger partial charge is 0.174 e. The maximum Gasteiger partial charge on any atom is 0.174 e. The van der Waals surface area contributed by atoms with Crippen molar-refractivity contribution >= 4 is 11.9 Å². The van der Waals surface area contributed by atoms with Gasteiger partial charge < -0.3 is 36.6 Å². The van der Waals surface area contributed by atoms with Gasteiger partial charge >= 0.3 is 0 Å². The van der Waals surface area contributed by atoms with Gasteiger partial charge in [0.2, 0.25) is 0 Å². The fourth-order valence-electron chi connectivity index (χ4n) is 1.21. The number of carbonyl (C=O) groups is 2. The third kappa shape index (κ3) is 7.16. The Balaban J connectivity index is 3.34. The molecule has 0 rings (SSSR count). The lowest BCUT2D eigenvalue weighted by Gasteiger charge is -2.09. The Hall–Kier alpha value is -1.18. The Morgan fingerprint density at radius 1 is 1.06 bits per heavy atom. The van der Waals surface area contributed by atoms with Crippen LogP contribution in [0.15, 0.2) is 0 Å². The van der Waals surface area contributed by atoms with Gasteiger partial charge in [-0.3, -0.25) is 0 Å². The van der Waals surface area contributed by atoms with Crippen LogP contribution in [0.1, 0.15) is 19.3 Å². The van der Waals surface area contributed by atoms with Crippen LogP contribution >= 0.6 is 0 Å². The summed E-state index contributed by atoms with van der Waals surface area (Å²) in [6.45, 7) is 1.13. The van der Waals surface area contributed by atoms with E-state index in [0.29, 0.717) is 13.0 Å². The van der Waals surface area contributed by atoms with Crippen LogP contribution in [0.3, 0.4) is 0 Å². The van der Waals surface area contributed by atoms with Gasteiger partial charge in [-0.25, -0.2) is 0 Å². The molecule has 7 nitrogen and oxygen atoms in total. The third-order valence-corrected chi connectivity index (χ3v) is 2.33. The molecule has 0 aliphatic heterocycles. The average molecular weight is 234 g/mol. The molecule has 0 aromatic rings. The molecule has 0 aliphatic carbocycles. The molecule has 16 heavy (non-hydrogen) atoms. The van der Waals surface area contributed by atoms with E-state index in [2.05, 4.69) is 11.5 Å². The fourth-order valence-corrected chi connectivity index (χ4v) is 1.21. The summed E-state index contributed by atoms with van der Waals surface area (Å²) < 4.78 is 0. The predicted octanol–water partition coefficient (Wildman–Crippen LogP) is -6.56. The first-order valence-corrected chi connectivity index (χ1v) is 5.34. The Morgan fingerprint density at radius 2 is 1.62 bits per heavy atom. The molecule has 0 fully saturated rings. The first-order valence-electron chi connectivity index (χ1n) is 5.34. The first-order chi connectivity index (χ1) is 7.45. The zero-order chi connectivity index (χ0) is 12.6. The molecule has 8 N–H and O–H groups in total. The van der Waals surface area contributed by atoms with Gasteiger partial charge in [0.25, 0.3) is 0 Å². The van der Waals surface area contributed by atoms with E-state index in [1.165, 1.54) is 0 Å². The van der Waals surface area contributed by atoms with Crippen molar-refractivity contribution in [3.05, 3.63) is 0 Å². The number of aliphatic carboxylic acids is 2. The molecule has 0 spiro atoms. The molecule has 0 amide bonds. The van der Waals surface area contributed by atoms with Crippen LogP contribution < -0.4 is 27.0 Å². The monoisotopic (exact) mass is 234 g/mol. The van der Waals surface area contributed by atoms with E-state index in [1.54, 1.807) is 0 Å². The van der Waals surface area contributed by atoms with Crippen molar-refractivity contribution in [1.29, 1.82) is 0 Å². The molecule has 0 radical (unpaired) electrons. The van der Waals surface area contributed by atoms with Gasteiger partial charge in [0.1, 0.15) is 18.6 Å². The summed E-state index contributed by atoms with van der Waals surface area (Å²) in [6, 6.07) is -1.37. The zero-order valence-corrected chi connectivity index (χ0v) is 9.31. The lowest BCUT2D eigenvalue weighted by molar-refractivity contribution is -0.678. The second kappa shape index (κ2) is 8.03. The van der Waals surface area contributed by atoms with E-state index < -0.39 is 24.0 Å². The van der Waals surface area contributed by atoms with Gasteiger partial charge in [-0.15, -0.1) is 0 Å². The van der Waals surface area contributed by atoms with Crippen molar-refractivity contribution in [2.45, 2.75) is 31.3 Å². The highest BCUT2D eigenvalue weighted by atomic mass is 16.4. The highest BCUT2D eigenvalue weighted by Gasteiger charge is 2.09. The molecular formula is C9H20N3O4+. The van der Waals surface area contributed by atoms with Gasteiger partial charge in [0.15, 0.2) is 6.04 Å². The molecule has 0 unspecified atom stereocenters. The normalized spacial score (nSPS) is 14.4. The van der Waals surface area contributed by atoms with E-state index >= 15 is 0 Å². The highest BCUT2D eigenvalue weighted by molar-refractivity contribution is 5.69. The van der Waals surface area contributed by atoms with Crippen molar-refractivity contribution in [2.75, 3.05) is 13.1 Å². The molecule has 0 aliphatic rings. The minimum atomic E-state index is -1.15. The topological polar surface area (TPSA) is 152 Å². The maximum absolute atomic E-state index is 10.3. The number of quaternary nitrogens is 3.